The summed E-state index contributed by atoms with van der Waals surface area (Å²) in [6, 6.07) is 8.51. The molecule has 2 nitrogen and oxygen atoms in total. The maximum Gasteiger partial charge on any atom is 0.124 e. The molecule has 0 bridgehead atoms. The fourth-order valence-electron chi connectivity index (χ4n) is 2.08. The van der Waals surface area contributed by atoms with E-state index in [1.165, 1.54) is 23.5 Å². The van der Waals surface area contributed by atoms with Gasteiger partial charge in [-0.05, 0) is 51.1 Å². The summed E-state index contributed by atoms with van der Waals surface area (Å²) in [5, 5.41) is 11.3. The van der Waals surface area contributed by atoms with E-state index in [-0.39, 0.29) is 5.82 Å². The molecule has 0 amide bonds. The van der Waals surface area contributed by atoms with E-state index < -0.39 is 6.10 Å². The van der Waals surface area contributed by atoms with Crippen LogP contribution in [0.2, 0.25) is 0 Å². The van der Waals surface area contributed by atoms with Crippen LogP contribution in [0.25, 0.3) is 10.1 Å². The summed E-state index contributed by atoms with van der Waals surface area (Å²) in [6.07, 6.45) is 3.33. The number of pyridine rings is 1. The Balaban J connectivity index is 1.86. The van der Waals surface area contributed by atoms with Crippen LogP contribution in [0.1, 0.15) is 16.5 Å². The van der Waals surface area contributed by atoms with E-state index in [4.69, 9.17) is 0 Å². The molecular formula is C15H11BrFNOS. The average molecular weight is 352 g/mol. The van der Waals surface area contributed by atoms with Gasteiger partial charge in [0.15, 0.2) is 0 Å². The van der Waals surface area contributed by atoms with Gasteiger partial charge in [-0.3, -0.25) is 4.98 Å². The van der Waals surface area contributed by atoms with Gasteiger partial charge in [-0.2, -0.15) is 0 Å². The fourth-order valence-corrected chi connectivity index (χ4v) is 3.57. The largest absolute Gasteiger partial charge is 0.387 e. The first-order chi connectivity index (χ1) is 9.61. The van der Waals surface area contributed by atoms with Crippen LogP contribution < -0.4 is 0 Å². The SMILES string of the molecule is OC(Cc1cncc(Br)c1)c1cc2ccc(F)cc2s1. The lowest BCUT2D eigenvalue weighted by molar-refractivity contribution is 0.182. The van der Waals surface area contributed by atoms with E-state index in [0.29, 0.717) is 6.42 Å². The van der Waals surface area contributed by atoms with Gasteiger partial charge in [0.25, 0.3) is 0 Å². The molecule has 0 aliphatic carbocycles. The fraction of sp³-hybridized carbons (Fsp3) is 0.133. The number of hydrogen-bond acceptors (Lipinski definition) is 3. The Morgan fingerprint density at radius 3 is 2.90 bits per heavy atom. The van der Waals surface area contributed by atoms with Gasteiger partial charge >= 0.3 is 0 Å². The Morgan fingerprint density at radius 1 is 1.25 bits per heavy atom. The van der Waals surface area contributed by atoms with Crippen molar-refractivity contribution in [1.29, 1.82) is 0 Å². The van der Waals surface area contributed by atoms with Crippen molar-refractivity contribution < 1.29 is 9.50 Å². The van der Waals surface area contributed by atoms with Gasteiger partial charge in [0.2, 0.25) is 0 Å². The molecule has 0 aliphatic rings. The standard InChI is InChI=1S/C15H11BrFNOS/c16-11-3-9(7-18-8-11)4-13(19)15-5-10-1-2-12(17)6-14(10)20-15/h1-3,5-8,13,19H,4H2. The van der Waals surface area contributed by atoms with Gasteiger partial charge in [0, 0.05) is 32.9 Å². The molecule has 2 aromatic heterocycles. The lowest BCUT2D eigenvalue weighted by atomic mass is 10.1. The zero-order chi connectivity index (χ0) is 14.1. The predicted octanol–water partition coefficient (Wildman–Crippen LogP) is 4.47. The second-order valence-electron chi connectivity index (χ2n) is 4.56. The molecule has 0 spiro atoms. The Bertz CT molecular complexity index is 758. The summed E-state index contributed by atoms with van der Waals surface area (Å²) in [7, 11) is 0. The van der Waals surface area contributed by atoms with Crippen LogP contribution in [-0.2, 0) is 6.42 Å². The Morgan fingerprint density at radius 2 is 2.10 bits per heavy atom. The van der Waals surface area contributed by atoms with Crippen LogP contribution in [0.4, 0.5) is 4.39 Å². The molecule has 3 aromatic rings. The first kappa shape index (κ1) is 13.7. The van der Waals surface area contributed by atoms with E-state index in [1.54, 1.807) is 18.5 Å². The maximum atomic E-state index is 13.2. The molecule has 102 valence electrons. The first-order valence-electron chi connectivity index (χ1n) is 6.08. The quantitative estimate of drug-likeness (QED) is 0.754. The molecule has 20 heavy (non-hydrogen) atoms. The number of fused-ring (bicyclic) bond motifs is 1. The van der Waals surface area contributed by atoms with Crippen molar-refractivity contribution in [1.82, 2.24) is 4.98 Å². The van der Waals surface area contributed by atoms with Gasteiger partial charge in [0.05, 0.1) is 6.10 Å². The zero-order valence-electron chi connectivity index (χ0n) is 10.4. The van der Waals surface area contributed by atoms with Crippen molar-refractivity contribution in [2.75, 3.05) is 0 Å². The van der Waals surface area contributed by atoms with E-state index in [0.717, 1.165) is 25.0 Å². The topological polar surface area (TPSA) is 33.1 Å². The molecule has 0 aliphatic heterocycles. The van der Waals surface area contributed by atoms with Crippen LogP contribution in [-0.4, -0.2) is 10.1 Å². The summed E-state index contributed by atoms with van der Waals surface area (Å²) in [4.78, 5) is 4.92. The predicted molar refractivity (Wildman–Crippen MR) is 82.4 cm³/mol. The normalized spacial score (nSPS) is 12.8. The van der Waals surface area contributed by atoms with Crippen molar-refractivity contribution in [3.63, 3.8) is 0 Å². The monoisotopic (exact) mass is 351 g/mol. The zero-order valence-corrected chi connectivity index (χ0v) is 12.8. The highest BCUT2D eigenvalue weighted by Gasteiger charge is 2.13. The third-order valence-electron chi connectivity index (χ3n) is 3.02. The van der Waals surface area contributed by atoms with Crippen LogP contribution >= 0.6 is 27.3 Å². The van der Waals surface area contributed by atoms with Gasteiger partial charge in [-0.25, -0.2) is 4.39 Å². The van der Waals surface area contributed by atoms with Crippen molar-refractivity contribution in [2.45, 2.75) is 12.5 Å². The minimum atomic E-state index is -0.605. The first-order valence-corrected chi connectivity index (χ1v) is 7.69. The van der Waals surface area contributed by atoms with Gasteiger partial charge in [-0.15, -0.1) is 11.3 Å². The number of benzene rings is 1. The molecule has 2 heterocycles. The molecular weight excluding hydrogens is 341 g/mol. The molecule has 1 aromatic carbocycles. The minimum Gasteiger partial charge on any atom is -0.387 e. The lowest BCUT2D eigenvalue weighted by Crippen LogP contribution is -1.99. The van der Waals surface area contributed by atoms with Crippen LogP contribution in [0.5, 0.6) is 0 Å². The molecule has 0 fully saturated rings. The second-order valence-corrected chi connectivity index (χ2v) is 6.59. The van der Waals surface area contributed by atoms with Crippen LogP contribution in [0.15, 0.2) is 47.2 Å². The molecule has 3 rings (SSSR count). The number of thiophene rings is 1. The van der Waals surface area contributed by atoms with E-state index in [2.05, 4.69) is 20.9 Å². The summed E-state index contributed by atoms with van der Waals surface area (Å²) in [6.45, 7) is 0. The molecule has 0 saturated heterocycles. The molecule has 1 unspecified atom stereocenters. The third kappa shape index (κ3) is 2.90. The van der Waals surface area contributed by atoms with E-state index in [1.807, 2.05) is 12.1 Å². The van der Waals surface area contributed by atoms with Gasteiger partial charge < -0.3 is 5.11 Å². The highest BCUT2D eigenvalue weighted by molar-refractivity contribution is 9.10. The minimum absolute atomic E-state index is 0.253. The van der Waals surface area contributed by atoms with Crippen LogP contribution in [0, 0.1) is 5.82 Å². The lowest BCUT2D eigenvalue weighted by Gasteiger charge is -2.08. The Labute approximate surface area is 128 Å². The third-order valence-corrected chi connectivity index (χ3v) is 4.65. The number of aromatic nitrogens is 1. The molecule has 5 heteroatoms. The maximum absolute atomic E-state index is 13.2. The summed E-state index contributed by atoms with van der Waals surface area (Å²) >= 11 is 4.78. The van der Waals surface area contributed by atoms with Crippen molar-refractivity contribution >= 4 is 37.4 Å². The number of aliphatic hydroxyl groups is 1. The average Bonchev–Trinajstić information content (AvgIpc) is 2.81. The highest BCUT2D eigenvalue weighted by atomic mass is 79.9. The molecule has 0 saturated carbocycles. The van der Waals surface area contributed by atoms with Crippen molar-refractivity contribution in [2.24, 2.45) is 0 Å². The summed E-state index contributed by atoms with van der Waals surface area (Å²) < 4.78 is 14.9. The number of rotatable bonds is 3. The van der Waals surface area contributed by atoms with E-state index in [9.17, 15) is 9.50 Å². The Hall–Kier alpha value is -1.30. The summed E-state index contributed by atoms with van der Waals surface area (Å²) in [5.74, 6) is -0.253. The van der Waals surface area contributed by atoms with Gasteiger partial charge in [0.1, 0.15) is 5.82 Å². The highest BCUT2D eigenvalue weighted by Crippen LogP contribution is 2.32. The number of halogens is 2. The smallest absolute Gasteiger partial charge is 0.124 e. The Kier molecular flexibility index (Phi) is 3.83. The van der Waals surface area contributed by atoms with Crippen LogP contribution in [0.3, 0.4) is 0 Å². The number of hydrogen-bond donors (Lipinski definition) is 1. The number of aliphatic hydroxyl groups excluding tert-OH is 1. The molecule has 1 N–H and O–H groups in total. The summed E-state index contributed by atoms with van der Waals surface area (Å²) in [5.41, 5.74) is 0.954. The number of nitrogens with zero attached hydrogens (tertiary/aromatic N) is 1. The second kappa shape index (κ2) is 5.60. The van der Waals surface area contributed by atoms with Crippen molar-refractivity contribution in [3.05, 3.63) is 63.5 Å². The van der Waals surface area contributed by atoms with E-state index >= 15 is 0 Å². The molecule has 0 radical (unpaired) electrons. The van der Waals surface area contributed by atoms with Crippen molar-refractivity contribution in [3.8, 4) is 0 Å². The van der Waals surface area contributed by atoms with Gasteiger partial charge in [-0.1, -0.05) is 6.07 Å². The molecule has 1 atom stereocenters.